The zero-order chi connectivity index (χ0) is 22.2. The molecule has 0 radical (unpaired) electrons. The number of anilines is 1. The van der Waals surface area contributed by atoms with Crippen molar-refractivity contribution in [1.29, 1.82) is 0 Å². The van der Waals surface area contributed by atoms with Gasteiger partial charge in [-0.2, -0.15) is 0 Å². The van der Waals surface area contributed by atoms with E-state index < -0.39 is 0 Å². The van der Waals surface area contributed by atoms with Crippen LogP contribution < -0.4 is 20.1 Å². The summed E-state index contributed by atoms with van der Waals surface area (Å²) in [5, 5.41) is 6.10. The smallest absolute Gasteiger partial charge is 0.258 e. The molecule has 160 valence electrons. The third-order valence-corrected chi connectivity index (χ3v) is 4.62. The normalized spacial score (nSPS) is 11.0. The summed E-state index contributed by atoms with van der Waals surface area (Å²) < 4.78 is 10.5. The van der Waals surface area contributed by atoms with E-state index in [0.29, 0.717) is 29.6 Å². The fourth-order valence-electron chi connectivity index (χ4n) is 2.97. The lowest BCUT2D eigenvalue weighted by Crippen LogP contribution is -2.36. The second-order valence-corrected chi connectivity index (χ2v) is 7.02. The van der Waals surface area contributed by atoms with Crippen LogP contribution in [0.15, 0.2) is 65.9 Å². The molecule has 31 heavy (non-hydrogen) atoms. The molecule has 0 aliphatic carbocycles. The molecule has 2 N–H and O–H groups in total. The van der Waals surface area contributed by atoms with Crippen LogP contribution in [0.3, 0.4) is 0 Å². The summed E-state index contributed by atoms with van der Waals surface area (Å²) >= 11 is 0. The van der Waals surface area contributed by atoms with Crippen molar-refractivity contribution >= 4 is 17.6 Å². The van der Waals surface area contributed by atoms with Gasteiger partial charge in [-0.05, 0) is 49.2 Å². The highest BCUT2D eigenvalue weighted by atomic mass is 16.5. The van der Waals surface area contributed by atoms with Gasteiger partial charge in [0.05, 0.1) is 20.8 Å². The van der Waals surface area contributed by atoms with Gasteiger partial charge in [-0.1, -0.05) is 23.8 Å². The van der Waals surface area contributed by atoms with E-state index in [4.69, 9.17) is 9.47 Å². The molecule has 3 aromatic rings. The summed E-state index contributed by atoms with van der Waals surface area (Å²) in [5.41, 5.74) is 4.39. The minimum Gasteiger partial charge on any atom is -0.497 e. The fraction of sp³-hybridized carbons (Fsp3) is 0.208. The maximum absolute atomic E-state index is 13.0. The van der Waals surface area contributed by atoms with E-state index in [0.717, 1.165) is 22.4 Å². The SMILES string of the molecule is COc1cc(OC)cc(C(=O)NC(=NCc2cccnc2)Nc2ccc(C)cc2C)c1. The number of amides is 1. The van der Waals surface area contributed by atoms with Crippen molar-refractivity contribution < 1.29 is 14.3 Å². The number of pyridine rings is 1. The van der Waals surface area contributed by atoms with Crippen molar-refractivity contribution in [3.05, 3.63) is 83.2 Å². The monoisotopic (exact) mass is 418 g/mol. The molecule has 0 bridgehead atoms. The van der Waals surface area contributed by atoms with Crippen LogP contribution in [0.25, 0.3) is 0 Å². The van der Waals surface area contributed by atoms with Crippen molar-refractivity contribution in [2.24, 2.45) is 4.99 Å². The topological polar surface area (TPSA) is 84.8 Å². The van der Waals surface area contributed by atoms with Gasteiger partial charge >= 0.3 is 0 Å². The van der Waals surface area contributed by atoms with Gasteiger partial charge in [0.1, 0.15) is 11.5 Å². The molecule has 2 aromatic carbocycles. The number of benzene rings is 2. The summed E-state index contributed by atoms with van der Waals surface area (Å²) in [5.74, 6) is 1.06. The molecular weight excluding hydrogens is 392 g/mol. The van der Waals surface area contributed by atoms with Gasteiger partial charge in [-0.15, -0.1) is 0 Å². The maximum atomic E-state index is 13.0. The van der Waals surface area contributed by atoms with Crippen LogP contribution in [0.2, 0.25) is 0 Å². The number of hydrogen-bond donors (Lipinski definition) is 2. The Morgan fingerprint density at radius 3 is 2.39 bits per heavy atom. The van der Waals surface area contributed by atoms with Gasteiger partial charge in [0, 0.05) is 29.7 Å². The van der Waals surface area contributed by atoms with Gasteiger partial charge in [0.15, 0.2) is 0 Å². The van der Waals surface area contributed by atoms with Crippen molar-refractivity contribution in [2.75, 3.05) is 19.5 Å². The summed E-state index contributed by atoms with van der Waals surface area (Å²) in [6, 6.07) is 14.8. The van der Waals surface area contributed by atoms with E-state index in [1.165, 1.54) is 0 Å². The predicted octanol–water partition coefficient (Wildman–Crippen LogP) is 4.11. The van der Waals surface area contributed by atoms with Gasteiger partial charge in [-0.3, -0.25) is 15.1 Å². The Kier molecular flexibility index (Phi) is 7.22. The summed E-state index contributed by atoms with van der Waals surface area (Å²) in [6.45, 7) is 4.40. The van der Waals surface area contributed by atoms with E-state index >= 15 is 0 Å². The number of carbonyl (C=O) groups is 1. The molecule has 7 nitrogen and oxygen atoms in total. The second-order valence-electron chi connectivity index (χ2n) is 7.02. The molecule has 0 atom stereocenters. The van der Waals surface area contributed by atoms with Crippen LogP contribution in [-0.2, 0) is 6.54 Å². The van der Waals surface area contributed by atoms with E-state index in [2.05, 4.69) is 26.7 Å². The van der Waals surface area contributed by atoms with Crippen molar-refractivity contribution in [1.82, 2.24) is 10.3 Å². The Morgan fingerprint density at radius 2 is 1.77 bits per heavy atom. The second kappa shape index (κ2) is 10.2. The first kappa shape index (κ1) is 21.8. The lowest BCUT2D eigenvalue weighted by Gasteiger charge is -2.15. The third kappa shape index (κ3) is 6.05. The first-order chi connectivity index (χ1) is 15.0. The fourth-order valence-corrected chi connectivity index (χ4v) is 2.97. The number of nitrogens with one attached hydrogen (secondary N) is 2. The molecule has 1 heterocycles. The number of aromatic nitrogens is 1. The molecule has 3 rings (SSSR count). The molecule has 0 saturated carbocycles. The average Bonchev–Trinajstić information content (AvgIpc) is 2.79. The Balaban J connectivity index is 1.87. The molecule has 0 spiro atoms. The standard InChI is InChI=1S/C24H26N4O3/c1-16-7-8-22(17(2)10-16)27-24(26-15-18-6-5-9-25-14-18)28-23(29)19-11-20(30-3)13-21(12-19)31-4/h5-14H,15H2,1-4H3,(H2,26,27,28,29). The summed E-state index contributed by atoms with van der Waals surface area (Å²) in [4.78, 5) is 21.7. The zero-order valence-electron chi connectivity index (χ0n) is 18.1. The van der Waals surface area contributed by atoms with Crippen LogP contribution in [0, 0.1) is 13.8 Å². The highest BCUT2D eigenvalue weighted by Crippen LogP contribution is 2.22. The molecule has 1 aromatic heterocycles. The number of hydrogen-bond acceptors (Lipinski definition) is 5. The van der Waals surface area contributed by atoms with E-state index in [9.17, 15) is 4.79 Å². The summed E-state index contributed by atoms with van der Waals surface area (Å²) in [6.07, 6.45) is 3.45. The van der Waals surface area contributed by atoms with Crippen molar-refractivity contribution in [3.63, 3.8) is 0 Å². The Morgan fingerprint density at radius 1 is 1.03 bits per heavy atom. The number of aliphatic imine (C=N–C) groups is 1. The number of nitrogens with zero attached hydrogens (tertiary/aromatic N) is 2. The van der Waals surface area contributed by atoms with Crippen molar-refractivity contribution in [2.45, 2.75) is 20.4 Å². The molecule has 0 aliphatic heterocycles. The molecule has 0 saturated heterocycles. The van der Waals surface area contributed by atoms with Gasteiger partial charge in [0.25, 0.3) is 5.91 Å². The van der Waals surface area contributed by atoms with Gasteiger partial charge < -0.3 is 14.8 Å². The molecule has 1 amide bonds. The molecule has 0 unspecified atom stereocenters. The van der Waals surface area contributed by atoms with Crippen LogP contribution in [-0.4, -0.2) is 31.1 Å². The lowest BCUT2D eigenvalue weighted by atomic mass is 10.1. The Labute approximate surface area is 182 Å². The van der Waals surface area contributed by atoms with Crippen LogP contribution in [0.4, 0.5) is 5.69 Å². The quantitative estimate of drug-likeness (QED) is 0.465. The van der Waals surface area contributed by atoms with Crippen LogP contribution in [0.1, 0.15) is 27.0 Å². The van der Waals surface area contributed by atoms with E-state index in [-0.39, 0.29) is 5.91 Å². The van der Waals surface area contributed by atoms with E-state index in [1.54, 1.807) is 44.8 Å². The van der Waals surface area contributed by atoms with Crippen molar-refractivity contribution in [3.8, 4) is 11.5 Å². The highest BCUT2D eigenvalue weighted by molar-refractivity contribution is 6.10. The van der Waals surface area contributed by atoms with Gasteiger partial charge in [-0.25, -0.2) is 4.99 Å². The first-order valence-electron chi connectivity index (χ1n) is 9.80. The van der Waals surface area contributed by atoms with Crippen LogP contribution >= 0.6 is 0 Å². The number of rotatable bonds is 6. The third-order valence-electron chi connectivity index (χ3n) is 4.62. The number of methoxy groups -OCH3 is 2. The van der Waals surface area contributed by atoms with E-state index in [1.807, 2.05) is 38.1 Å². The maximum Gasteiger partial charge on any atom is 0.258 e. The highest BCUT2D eigenvalue weighted by Gasteiger charge is 2.13. The molecule has 7 heteroatoms. The number of ether oxygens (including phenoxy) is 2. The largest absolute Gasteiger partial charge is 0.497 e. The predicted molar refractivity (Wildman–Crippen MR) is 122 cm³/mol. The minimum absolute atomic E-state index is 0.334. The Hall–Kier alpha value is -3.87. The average molecular weight is 418 g/mol. The summed E-state index contributed by atoms with van der Waals surface area (Å²) in [7, 11) is 3.08. The number of carbonyl (C=O) groups excluding carboxylic acids is 1. The molecule has 0 fully saturated rings. The first-order valence-corrected chi connectivity index (χ1v) is 9.80. The number of aryl methyl sites for hydroxylation is 2. The zero-order valence-corrected chi connectivity index (χ0v) is 18.1. The van der Waals surface area contributed by atoms with Crippen LogP contribution in [0.5, 0.6) is 11.5 Å². The lowest BCUT2D eigenvalue weighted by molar-refractivity contribution is 0.0976. The number of guanidine groups is 1. The minimum atomic E-state index is -0.334. The molecular formula is C24H26N4O3. The molecule has 0 aliphatic rings. The Bertz CT molecular complexity index is 1060. The van der Waals surface area contributed by atoms with Gasteiger partial charge in [0.2, 0.25) is 5.96 Å².